The van der Waals surface area contributed by atoms with E-state index in [0.717, 1.165) is 0 Å². The van der Waals surface area contributed by atoms with Crippen LogP contribution in [-0.2, 0) is 4.79 Å². The van der Waals surface area contributed by atoms with E-state index in [1.165, 1.54) is 12.1 Å². The quantitative estimate of drug-likeness (QED) is 0.569. The van der Waals surface area contributed by atoms with Crippen molar-refractivity contribution in [1.82, 2.24) is 4.98 Å². The number of carbonyl (C=O) groups is 1. The van der Waals surface area contributed by atoms with E-state index >= 15 is 0 Å². The van der Waals surface area contributed by atoms with Crippen molar-refractivity contribution < 1.29 is 9.18 Å². The molecule has 0 atom stereocenters. The lowest BCUT2D eigenvalue weighted by Crippen LogP contribution is -1.99. The van der Waals surface area contributed by atoms with Gasteiger partial charge in [0, 0.05) is 0 Å². The Morgan fingerprint density at radius 1 is 1.54 bits per heavy atom. The maximum Gasteiger partial charge on any atom is 0.213 e. The predicted molar refractivity (Wildman–Crippen MR) is 48.6 cm³/mol. The Hall–Kier alpha value is -1.71. The standard InChI is InChI=1S/C9H9FN2O/c1-2-3-8-7(11-6-13)4-5-9(10)12-8/h2-6H,1H3,(H,11,13)/b3-2-. The van der Waals surface area contributed by atoms with Gasteiger partial charge in [-0.3, -0.25) is 4.79 Å². The van der Waals surface area contributed by atoms with Crippen molar-refractivity contribution in [2.75, 3.05) is 5.32 Å². The molecule has 0 aliphatic heterocycles. The first-order valence-corrected chi connectivity index (χ1v) is 3.77. The van der Waals surface area contributed by atoms with Crippen LogP contribution >= 0.6 is 0 Å². The highest BCUT2D eigenvalue weighted by Gasteiger charge is 2.00. The van der Waals surface area contributed by atoms with Gasteiger partial charge in [0.05, 0.1) is 11.4 Å². The summed E-state index contributed by atoms with van der Waals surface area (Å²) in [7, 11) is 0. The van der Waals surface area contributed by atoms with E-state index in [4.69, 9.17) is 0 Å². The second-order valence-corrected chi connectivity index (χ2v) is 2.33. The molecule has 1 aromatic rings. The van der Waals surface area contributed by atoms with Gasteiger partial charge in [0.15, 0.2) is 0 Å². The summed E-state index contributed by atoms with van der Waals surface area (Å²) in [4.78, 5) is 13.8. The van der Waals surface area contributed by atoms with Crippen molar-refractivity contribution >= 4 is 18.2 Å². The SMILES string of the molecule is C/C=C\c1nc(F)ccc1NC=O. The summed E-state index contributed by atoms with van der Waals surface area (Å²) in [5.74, 6) is -0.565. The van der Waals surface area contributed by atoms with Gasteiger partial charge in [-0.15, -0.1) is 0 Å². The summed E-state index contributed by atoms with van der Waals surface area (Å²) in [6.07, 6.45) is 3.87. The van der Waals surface area contributed by atoms with E-state index in [-0.39, 0.29) is 0 Å². The van der Waals surface area contributed by atoms with Crippen LogP contribution in [0.4, 0.5) is 10.1 Å². The summed E-state index contributed by atoms with van der Waals surface area (Å²) in [6, 6.07) is 2.66. The van der Waals surface area contributed by atoms with E-state index < -0.39 is 5.95 Å². The molecule has 0 saturated heterocycles. The maximum absolute atomic E-state index is 12.6. The third-order valence-electron chi connectivity index (χ3n) is 1.43. The van der Waals surface area contributed by atoms with Crippen LogP contribution in [-0.4, -0.2) is 11.4 Å². The molecule has 0 aliphatic carbocycles. The van der Waals surface area contributed by atoms with Gasteiger partial charge < -0.3 is 5.32 Å². The first kappa shape index (κ1) is 9.38. The van der Waals surface area contributed by atoms with Crippen molar-refractivity contribution in [3.05, 3.63) is 29.9 Å². The lowest BCUT2D eigenvalue weighted by molar-refractivity contribution is -0.105. The summed E-state index contributed by atoms with van der Waals surface area (Å²) in [5, 5.41) is 2.43. The number of nitrogens with one attached hydrogen (secondary N) is 1. The zero-order valence-electron chi connectivity index (χ0n) is 7.12. The number of amides is 1. The van der Waals surface area contributed by atoms with Crippen LogP contribution in [0.3, 0.4) is 0 Å². The molecule has 13 heavy (non-hydrogen) atoms. The van der Waals surface area contributed by atoms with E-state index in [2.05, 4.69) is 10.3 Å². The molecule has 1 amide bonds. The number of rotatable bonds is 3. The Morgan fingerprint density at radius 3 is 2.92 bits per heavy atom. The van der Waals surface area contributed by atoms with Gasteiger partial charge in [-0.25, -0.2) is 4.98 Å². The van der Waals surface area contributed by atoms with Crippen molar-refractivity contribution in [2.24, 2.45) is 0 Å². The number of allylic oxidation sites excluding steroid dienone is 1. The first-order valence-electron chi connectivity index (χ1n) is 3.77. The van der Waals surface area contributed by atoms with Gasteiger partial charge in [0.25, 0.3) is 0 Å². The molecule has 0 bridgehead atoms. The molecule has 0 radical (unpaired) electrons. The van der Waals surface area contributed by atoms with Gasteiger partial charge in [0.2, 0.25) is 12.4 Å². The number of hydrogen-bond acceptors (Lipinski definition) is 2. The third kappa shape index (κ3) is 2.37. The van der Waals surface area contributed by atoms with Crippen molar-refractivity contribution in [2.45, 2.75) is 6.92 Å². The molecule has 1 N–H and O–H groups in total. The number of halogens is 1. The molecule has 1 rings (SSSR count). The molecule has 1 heterocycles. The molecule has 0 aromatic carbocycles. The molecular formula is C9H9FN2O. The Bertz CT molecular complexity index is 336. The van der Waals surface area contributed by atoms with Crippen molar-refractivity contribution in [3.8, 4) is 0 Å². The van der Waals surface area contributed by atoms with Crippen LogP contribution in [0.1, 0.15) is 12.6 Å². The Labute approximate surface area is 75.3 Å². The van der Waals surface area contributed by atoms with Crippen LogP contribution in [0.2, 0.25) is 0 Å². The van der Waals surface area contributed by atoms with Crippen LogP contribution in [0.25, 0.3) is 6.08 Å². The van der Waals surface area contributed by atoms with E-state index in [9.17, 15) is 9.18 Å². The van der Waals surface area contributed by atoms with Gasteiger partial charge in [0.1, 0.15) is 0 Å². The molecule has 0 fully saturated rings. The highest BCUT2D eigenvalue weighted by molar-refractivity contribution is 5.76. The molecule has 68 valence electrons. The van der Waals surface area contributed by atoms with Crippen molar-refractivity contribution in [3.63, 3.8) is 0 Å². The zero-order chi connectivity index (χ0) is 9.68. The first-order chi connectivity index (χ1) is 6.27. The maximum atomic E-state index is 12.6. The van der Waals surface area contributed by atoms with E-state index in [1.54, 1.807) is 19.1 Å². The second kappa shape index (κ2) is 4.35. The third-order valence-corrected chi connectivity index (χ3v) is 1.43. The molecule has 3 nitrogen and oxygen atoms in total. The summed E-state index contributed by atoms with van der Waals surface area (Å²) < 4.78 is 12.6. The van der Waals surface area contributed by atoms with Gasteiger partial charge in [-0.1, -0.05) is 6.08 Å². The smallest absolute Gasteiger partial charge is 0.213 e. The van der Waals surface area contributed by atoms with E-state index in [0.29, 0.717) is 17.8 Å². The largest absolute Gasteiger partial charge is 0.327 e. The lowest BCUT2D eigenvalue weighted by Gasteiger charge is -2.02. The normalized spacial score (nSPS) is 10.3. The Kier molecular flexibility index (Phi) is 3.14. The monoisotopic (exact) mass is 180 g/mol. The van der Waals surface area contributed by atoms with Crippen LogP contribution in [0.5, 0.6) is 0 Å². The van der Waals surface area contributed by atoms with E-state index in [1.807, 2.05) is 0 Å². The molecule has 0 spiro atoms. The van der Waals surface area contributed by atoms with Gasteiger partial charge in [-0.05, 0) is 25.1 Å². The highest BCUT2D eigenvalue weighted by atomic mass is 19.1. The zero-order valence-corrected chi connectivity index (χ0v) is 7.12. The minimum atomic E-state index is -0.565. The Morgan fingerprint density at radius 2 is 2.31 bits per heavy atom. The predicted octanol–water partition coefficient (Wildman–Crippen LogP) is 1.82. The fraction of sp³-hybridized carbons (Fsp3) is 0.111. The van der Waals surface area contributed by atoms with Crippen LogP contribution in [0, 0.1) is 5.95 Å². The fourth-order valence-electron chi connectivity index (χ4n) is 0.920. The average Bonchev–Trinajstić information content (AvgIpc) is 2.10. The molecule has 0 saturated carbocycles. The summed E-state index contributed by atoms with van der Waals surface area (Å²) in [5.41, 5.74) is 0.907. The molecule has 1 aromatic heterocycles. The number of anilines is 1. The number of carbonyl (C=O) groups excluding carboxylic acids is 1. The second-order valence-electron chi connectivity index (χ2n) is 2.33. The molecule has 0 aliphatic rings. The molecule has 4 heteroatoms. The number of hydrogen-bond donors (Lipinski definition) is 1. The lowest BCUT2D eigenvalue weighted by atomic mass is 10.3. The minimum Gasteiger partial charge on any atom is -0.327 e. The number of aromatic nitrogens is 1. The topological polar surface area (TPSA) is 42.0 Å². The van der Waals surface area contributed by atoms with Crippen LogP contribution < -0.4 is 5.32 Å². The van der Waals surface area contributed by atoms with Crippen LogP contribution in [0.15, 0.2) is 18.2 Å². The van der Waals surface area contributed by atoms with Crippen molar-refractivity contribution in [1.29, 1.82) is 0 Å². The molecule has 0 unspecified atom stereocenters. The summed E-state index contributed by atoms with van der Waals surface area (Å²) in [6.45, 7) is 1.79. The number of pyridine rings is 1. The van der Waals surface area contributed by atoms with Gasteiger partial charge >= 0.3 is 0 Å². The molecular weight excluding hydrogens is 171 g/mol. The summed E-state index contributed by atoms with van der Waals surface area (Å²) >= 11 is 0. The minimum absolute atomic E-state index is 0.412. The Balaban J connectivity index is 3.09. The average molecular weight is 180 g/mol. The highest BCUT2D eigenvalue weighted by Crippen LogP contribution is 2.14. The fourth-order valence-corrected chi connectivity index (χ4v) is 0.920. The number of nitrogens with zero attached hydrogens (tertiary/aromatic N) is 1. The van der Waals surface area contributed by atoms with Gasteiger partial charge in [-0.2, -0.15) is 4.39 Å².